The van der Waals surface area contributed by atoms with Crippen molar-refractivity contribution in [2.45, 2.75) is 30.9 Å². The second-order valence-electron chi connectivity index (χ2n) is 4.31. The zero-order valence-electron chi connectivity index (χ0n) is 8.33. The van der Waals surface area contributed by atoms with Crippen molar-refractivity contribution in [3.05, 3.63) is 0 Å². The van der Waals surface area contributed by atoms with Crippen LogP contribution in [0.2, 0.25) is 0 Å². The molecule has 0 aromatic carbocycles. The Labute approximate surface area is 85.5 Å². The average Bonchev–Trinajstić information content (AvgIpc) is 3.00. The topological polar surface area (TPSA) is 58.2 Å². The van der Waals surface area contributed by atoms with E-state index in [1.807, 2.05) is 0 Å². The Morgan fingerprint density at radius 2 is 2.07 bits per heavy atom. The third-order valence-corrected chi connectivity index (χ3v) is 4.81. The quantitative estimate of drug-likeness (QED) is 0.702. The largest absolute Gasteiger partial charge is 0.315 e. The van der Waals surface area contributed by atoms with Gasteiger partial charge in [0.2, 0.25) is 10.0 Å². The molecule has 1 saturated carbocycles. The summed E-state index contributed by atoms with van der Waals surface area (Å²) >= 11 is 0. The normalized spacial score (nSPS) is 29.0. The Kier molecular flexibility index (Phi) is 3.09. The summed E-state index contributed by atoms with van der Waals surface area (Å²) in [6.45, 7) is 2.22. The lowest BCUT2D eigenvalue weighted by atomic mass is 10.2. The average molecular weight is 218 g/mol. The number of nitrogens with one attached hydrogen (secondary N) is 2. The summed E-state index contributed by atoms with van der Waals surface area (Å²) in [5.74, 6) is 0.612. The summed E-state index contributed by atoms with van der Waals surface area (Å²) in [4.78, 5) is 0. The van der Waals surface area contributed by atoms with Gasteiger partial charge in [0.25, 0.3) is 0 Å². The molecular formula is C9H18N2O2S. The van der Waals surface area contributed by atoms with Gasteiger partial charge in [0.15, 0.2) is 0 Å². The van der Waals surface area contributed by atoms with Crippen LogP contribution in [0.5, 0.6) is 0 Å². The third-order valence-electron chi connectivity index (χ3n) is 2.96. The smallest absolute Gasteiger partial charge is 0.215 e. The van der Waals surface area contributed by atoms with Crippen LogP contribution in [0, 0.1) is 5.92 Å². The molecule has 5 heteroatoms. The van der Waals surface area contributed by atoms with Crippen molar-refractivity contribution in [3.8, 4) is 0 Å². The van der Waals surface area contributed by atoms with Crippen LogP contribution in [0.15, 0.2) is 0 Å². The number of piperidine rings is 1. The van der Waals surface area contributed by atoms with Gasteiger partial charge in [0.05, 0.1) is 5.25 Å². The van der Waals surface area contributed by atoms with E-state index >= 15 is 0 Å². The molecule has 0 aromatic heterocycles. The minimum atomic E-state index is -3.05. The molecule has 1 saturated heterocycles. The first-order valence-corrected chi connectivity index (χ1v) is 6.92. The Balaban J connectivity index is 1.85. The summed E-state index contributed by atoms with van der Waals surface area (Å²) in [5.41, 5.74) is 0. The van der Waals surface area contributed by atoms with Crippen LogP contribution in [0.4, 0.5) is 0 Å². The zero-order valence-corrected chi connectivity index (χ0v) is 9.15. The summed E-state index contributed by atoms with van der Waals surface area (Å²) in [6.07, 6.45) is 4.14. The molecule has 2 rings (SSSR count). The van der Waals surface area contributed by atoms with Crippen LogP contribution < -0.4 is 10.0 Å². The van der Waals surface area contributed by atoms with Crippen LogP contribution in [-0.4, -0.2) is 33.3 Å². The predicted molar refractivity (Wildman–Crippen MR) is 55.5 cm³/mol. The minimum Gasteiger partial charge on any atom is -0.315 e. The van der Waals surface area contributed by atoms with Gasteiger partial charge in [0, 0.05) is 13.1 Å². The molecule has 4 nitrogen and oxygen atoms in total. The van der Waals surface area contributed by atoms with E-state index in [1.165, 1.54) is 12.8 Å². The highest BCUT2D eigenvalue weighted by molar-refractivity contribution is 7.90. The second kappa shape index (κ2) is 4.16. The van der Waals surface area contributed by atoms with Gasteiger partial charge in [-0.1, -0.05) is 0 Å². The molecule has 1 aliphatic carbocycles. The highest BCUT2D eigenvalue weighted by atomic mass is 32.2. The van der Waals surface area contributed by atoms with Crippen LogP contribution in [-0.2, 0) is 10.0 Å². The first kappa shape index (κ1) is 10.4. The highest BCUT2D eigenvalue weighted by Crippen LogP contribution is 2.28. The van der Waals surface area contributed by atoms with E-state index < -0.39 is 10.0 Å². The summed E-state index contributed by atoms with van der Waals surface area (Å²) < 4.78 is 26.3. The Morgan fingerprint density at radius 3 is 2.64 bits per heavy atom. The van der Waals surface area contributed by atoms with Crippen LogP contribution in [0.1, 0.15) is 25.7 Å². The molecule has 1 atom stereocenters. The van der Waals surface area contributed by atoms with Gasteiger partial charge in [-0.3, -0.25) is 0 Å². The Morgan fingerprint density at radius 1 is 1.29 bits per heavy atom. The highest BCUT2D eigenvalue weighted by Gasteiger charge is 2.29. The van der Waals surface area contributed by atoms with E-state index in [-0.39, 0.29) is 5.25 Å². The maximum absolute atomic E-state index is 11.8. The molecule has 0 aromatic rings. The van der Waals surface area contributed by atoms with Crippen molar-refractivity contribution in [2.75, 3.05) is 19.6 Å². The Hall–Kier alpha value is -0.130. The zero-order chi connectivity index (χ0) is 10.0. The van der Waals surface area contributed by atoms with Crippen molar-refractivity contribution in [1.29, 1.82) is 0 Å². The molecule has 14 heavy (non-hydrogen) atoms. The lowest BCUT2D eigenvalue weighted by molar-refractivity contribution is 0.489. The van der Waals surface area contributed by atoms with E-state index in [4.69, 9.17) is 0 Å². The summed E-state index contributed by atoms with van der Waals surface area (Å²) in [5, 5.41) is 2.91. The molecule has 1 heterocycles. The fourth-order valence-corrected chi connectivity index (χ4v) is 3.28. The van der Waals surface area contributed by atoms with Crippen molar-refractivity contribution in [3.63, 3.8) is 0 Å². The molecule has 1 aliphatic heterocycles. The van der Waals surface area contributed by atoms with Crippen LogP contribution >= 0.6 is 0 Å². The fourth-order valence-electron chi connectivity index (χ4n) is 1.76. The molecule has 0 radical (unpaired) electrons. The van der Waals surface area contributed by atoms with E-state index in [0.29, 0.717) is 19.0 Å². The van der Waals surface area contributed by atoms with Gasteiger partial charge >= 0.3 is 0 Å². The van der Waals surface area contributed by atoms with Crippen LogP contribution in [0.3, 0.4) is 0 Å². The first-order valence-electron chi connectivity index (χ1n) is 5.38. The maximum atomic E-state index is 11.8. The molecule has 2 fully saturated rings. The SMILES string of the molecule is O=S(=O)(NCC1CC1)C1CCCNC1. The van der Waals surface area contributed by atoms with Gasteiger partial charge < -0.3 is 5.32 Å². The number of hydrogen-bond acceptors (Lipinski definition) is 3. The molecule has 82 valence electrons. The van der Waals surface area contributed by atoms with E-state index in [0.717, 1.165) is 19.4 Å². The lowest BCUT2D eigenvalue weighted by Gasteiger charge is -2.22. The van der Waals surface area contributed by atoms with Crippen molar-refractivity contribution in [1.82, 2.24) is 10.0 Å². The van der Waals surface area contributed by atoms with Gasteiger partial charge in [-0.2, -0.15) is 0 Å². The summed E-state index contributed by atoms with van der Waals surface area (Å²) in [7, 11) is -3.05. The molecule has 1 unspecified atom stereocenters. The third kappa shape index (κ3) is 2.68. The monoisotopic (exact) mass is 218 g/mol. The molecular weight excluding hydrogens is 200 g/mol. The van der Waals surface area contributed by atoms with E-state index in [1.54, 1.807) is 0 Å². The molecule has 2 N–H and O–H groups in total. The number of sulfonamides is 1. The second-order valence-corrected chi connectivity index (χ2v) is 6.35. The maximum Gasteiger partial charge on any atom is 0.215 e. The van der Waals surface area contributed by atoms with Gasteiger partial charge in [0.1, 0.15) is 0 Å². The van der Waals surface area contributed by atoms with E-state index in [2.05, 4.69) is 10.0 Å². The van der Waals surface area contributed by atoms with Crippen LogP contribution in [0.25, 0.3) is 0 Å². The van der Waals surface area contributed by atoms with Gasteiger partial charge in [-0.25, -0.2) is 13.1 Å². The van der Waals surface area contributed by atoms with Gasteiger partial charge in [-0.15, -0.1) is 0 Å². The predicted octanol–water partition coefficient (Wildman–Crippen LogP) is 0.0678. The number of rotatable bonds is 4. The van der Waals surface area contributed by atoms with Crippen molar-refractivity contribution >= 4 is 10.0 Å². The minimum absolute atomic E-state index is 0.213. The lowest BCUT2D eigenvalue weighted by Crippen LogP contribution is -2.44. The number of hydrogen-bond donors (Lipinski definition) is 2. The summed E-state index contributed by atoms with van der Waals surface area (Å²) in [6, 6.07) is 0. The molecule has 2 aliphatic rings. The van der Waals surface area contributed by atoms with Crippen molar-refractivity contribution < 1.29 is 8.42 Å². The molecule has 0 spiro atoms. The van der Waals surface area contributed by atoms with Gasteiger partial charge in [-0.05, 0) is 38.1 Å². The Bertz CT molecular complexity index is 279. The van der Waals surface area contributed by atoms with E-state index in [9.17, 15) is 8.42 Å². The standard InChI is InChI=1S/C9H18N2O2S/c12-14(13,11-6-8-3-4-8)9-2-1-5-10-7-9/h8-11H,1-7H2. The fraction of sp³-hybridized carbons (Fsp3) is 1.00. The van der Waals surface area contributed by atoms with Crippen molar-refractivity contribution in [2.24, 2.45) is 5.92 Å². The molecule has 0 amide bonds. The molecule has 0 bridgehead atoms. The first-order chi connectivity index (χ1) is 6.68.